The van der Waals surface area contributed by atoms with Crippen molar-refractivity contribution in [2.75, 3.05) is 13.2 Å². The molecule has 108 valence electrons. The molecule has 1 aliphatic rings. The Bertz CT molecular complexity index is 398. The maximum atomic E-state index is 5.60. The summed E-state index contributed by atoms with van der Waals surface area (Å²) >= 11 is 0. The second kappa shape index (κ2) is 7.06. The fourth-order valence-corrected chi connectivity index (χ4v) is 2.65. The Hall–Kier alpha value is -0.870. The summed E-state index contributed by atoms with van der Waals surface area (Å²) < 4.78 is 8.05. The van der Waals surface area contributed by atoms with E-state index in [0.717, 1.165) is 45.5 Å². The van der Waals surface area contributed by atoms with Crippen molar-refractivity contribution in [3.8, 4) is 0 Å². The predicted molar refractivity (Wildman–Crippen MR) is 77.3 cm³/mol. The van der Waals surface area contributed by atoms with Gasteiger partial charge in [0.05, 0.1) is 11.8 Å². The molecule has 0 bridgehead atoms. The largest absolute Gasteiger partial charge is 0.379 e. The number of nitrogens with one attached hydrogen (secondary N) is 1. The van der Waals surface area contributed by atoms with E-state index in [1.165, 1.54) is 23.6 Å². The van der Waals surface area contributed by atoms with Gasteiger partial charge >= 0.3 is 0 Å². The number of hydrogen-bond acceptors (Lipinski definition) is 3. The third-order valence-electron chi connectivity index (χ3n) is 3.61. The average Bonchev–Trinajstić information content (AvgIpc) is 2.76. The van der Waals surface area contributed by atoms with Crippen molar-refractivity contribution in [3.63, 3.8) is 0 Å². The molecule has 0 saturated carbocycles. The minimum atomic E-state index is 0.346. The van der Waals surface area contributed by atoms with Gasteiger partial charge in [0.2, 0.25) is 0 Å². The summed E-state index contributed by atoms with van der Waals surface area (Å²) in [4.78, 5) is 4.77. The molecule has 0 aliphatic carbocycles. The molecule has 0 spiro atoms. The van der Waals surface area contributed by atoms with E-state index in [0.29, 0.717) is 6.10 Å². The lowest BCUT2D eigenvalue weighted by Crippen LogP contribution is -2.25. The van der Waals surface area contributed by atoms with Crippen molar-refractivity contribution in [1.82, 2.24) is 14.9 Å². The molecule has 1 N–H and O–H groups in total. The van der Waals surface area contributed by atoms with Crippen LogP contribution in [0.25, 0.3) is 0 Å². The van der Waals surface area contributed by atoms with Gasteiger partial charge in [0.25, 0.3) is 0 Å². The normalized spacial score (nSPS) is 14.9. The summed E-state index contributed by atoms with van der Waals surface area (Å²) in [6.07, 6.45) is 4.79. The highest BCUT2D eigenvalue weighted by Gasteiger charge is 2.18. The van der Waals surface area contributed by atoms with Crippen LogP contribution in [0.5, 0.6) is 0 Å². The van der Waals surface area contributed by atoms with Crippen molar-refractivity contribution in [3.05, 3.63) is 17.2 Å². The Morgan fingerprint density at radius 3 is 2.95 bits per heavy atom. The first-order valence-electron chi connectivity index (χ1n) is 7.61. The summed E-state index contributed by atoms with van der Waals surface area (Å²) in [5, 5.41) is 3.40. The number of aryl methyl sites for hydroxylation is 1. The van der Waals surface area contributed by atoms with Gasteiger partial charge in [-0.15, -0.1) is 0 Å². The van der Waals surface area contributed by atoms with E-state index in [-0.39, 0.29) is 0 Å². The van der Waals surface area contributed by atoms with Crippen molar-refractivity contribution in [1.29, 1.82) is 0 Å². The number of unbranched alkanes of at least 4 members (excludes halogenated alkanes) is 1. The number of hydrogen-bond donors (Lipinski definition) is 1. The van der Waals surface area contributed by atoms with Crippen LogP contribution in [0.4, 0.5) is 0 Å². The molecule has 1 aliphatic heterocycles. The second-order valence-corrected chi connectivity index (χ2v) is 5.48. The van der Waals surface area contributed by atoms with Crippen molar-refractivity contribution >= 4 is 0 Å². The van der Waals surface area contributed by atoms with Crippen molar-refractivity contribution < 1.29 is 4.74 Å². The minimum Gasteiger partial charge on any atom is -0.379 e. The Labute approximate surface area is 116 Å². The summed E-state index contributed by atoms with van der Waals surface area (Å²) in [7, 11) is 0. The average molecular weight is 265 g/mol. The topological polar surface area (TPSA) is 39.1 Å². The highest BCUT2D eigenvalue weighted by molar-refractivity contribution is 5.20. The van der Waals surface area contributed by atoms with Crippen LogP contribution < -0.4 is 5.32 Å². The van der Waals surface area contributed by atoms with Gasteiger partial charge in [0.1, 0.15) is 5.82 Å². The minimum absolute atomic E-state index is 0.346. The third kappa shape index (κ3) is 3.80. The zero-order chi connectivity index (χ0) is 13.7. The highest BCUT2D eigenvalue weighted by Crippen LogP contribution is 2.17. The number of nitrogens with zero attached hydrogens (tertiary/aromatic N) is 2. The maximum Gasteiger partial charge on any atom is 0.108 e. The monoisotopic (exact) mass is 265 g/mol. The molecule has 0 saturated heterocycles. The fraction of sp³-hybridized carbons (Fsp3) is 0.800. The summed E-state index contributed by atoms with van der Waals surface area (Å²) in [5.41, 5.74) is 2.72. The van der Waals surface area contributed by atoms with Gasteiger partial charge in [0.15, 0.2) is 0 Å². The quantitative estimate of drug-likeness (QED) is 0.769. The van der Waals surface area contributed by atoms with Crippen LogP contribution in [0.2, 0.25) is 0 Å². The first-order valence-corrected chi connectivity index (χ1v) is 7.61. The highest BCUT2D eigenvalue weighted by atomic mass is 16.5. The van der Waals surface area contributed by atoms with E-state index in [2.05, 4.69) is 30.7 Å². The van der Waals surface area contributed by atoms with E-state index >= 15 is 0 Å². The lowest BCUT2D eigenvalue weighted by Gasteiger charge is -2.16. The fourth-order valence-electron chi connectivity index (χ4n) is 2.65. The Kier molecular flexibility index (Phi) is 5.40. The standard InChI is InChI=1S/C15H27N3O/c1-4-15-17-13-11-16-8-7-14(13)18(15)9-5-6-10-19-12(2)3/h12,16H,4-11H2,1-3H3. The number of imidazole rings is 1. The van der Waals surface area contributed by atoms with Crippen LogP contribution in [0.3, 0.4) is 0 Å². The molecule has 4 nitrogen and oxygen atoms in total. The van der Waals surface area contributed by atoms with E-state index < -0.39 is 0 Å². The first-order chi connectivity index (χ1) is 9.22. The molecule has 0 radical (unpaired) electrons. The van der Waals surface area contributed by atoms with Crippen LogP contribution in [0.1, 0.15) is 50.8 Å². The van der Waals surface area contributed by atoms with Gasteiger partial charge in [-0.2, -0.15) is 0 Å². The molecule has 2 heterocycles. The van der Waals surface area contributed by atoms with Crippen LogP contribution in [-0.2, 0) is 30.7 Å². The number of aromatic nitrogens is 2. The Balaban J connectivity index is 1.90. The molecular weight excluding hydrogens is 238 g/mol. The number of rotatable bonds is 7. The molecule has 2 rings (SSSR count). The predicted octanol–water partition coefficient (Wildman–Crippen LogP) is 2.30. The van der Waals surface area contributed by atoms with Crippen LogP contribution >= 0.6 is 0 Å². The van der Waals surface area contributed by atoms with Gasteiger partial charge in [-0.3, -0.25) is 0 Å². The molecule has 0 fully saturated rings. The molecule has 0 amide bonds. The molecule has 4 heteroatoms. The van der Waals surface area contributed by atoms with Crippen molar-refractivity contribution in [2.24, 2.45) is 0 Å². The van der Waals surface area contributed by atoms with E-state index in [4.69, 9.17) is 9.72 Å². The lowest BCUT2D eigenvalue weighted by atomic mass is 10.2. The number of ether oxygens (including phenoxy) is 1. The van der Waals surface area contributed by atoms with Gasteiger partial charge in [-0.05, 0) is 26.7 Å². The van der Waals surface area contributed by atoms with E-state index in [9.17, 15) is 0 Å². The van der Waals surface area contributed by atoms with Crippen molar-refractivity contribution in [2.45, 2.75) is 65.6 Å². The molecule has 0 atom stereocenters. The van der Waals surface area contributed by atoms with Gasteiger partial charge in [-0.1, -0.05) is 6.92 Å². The Morgan fingerprint density at radius 2 is 2.21 bits per heavy atom. The van der Waals surface area contributed by atoms with E-state index in [1.807, 2.05) is 0 Å². The maximum absolute atomic E-state index is 5.60. The molecule has 0 aromatic carbocycles. The second-order valence-electron chi connectivity index (χ2n) is 5.48. The molecule has 19 heavy (non-hydrogen) atoms. The molecule has 0 unspecified atom stereocenters. The SMILES string of the molecule is CCc1nc2c(n1CCCCOC(C)C)CCNC2. The zero-order valence-corrected chi connectivity index (χ0v) is 12.5. The zero-order valence-electron chi connectivity index (χ0n) is 12.5. The molecule has 1 aromatic heterocycles. The summed E-state index contributed by atoms with van der Waals surface area (Å²) in [5.74, 6) is 1.25. The first kappa shape index (κ1) is 14.5. The lowest BCUT2D eigenvalue weighted by molar-refractivity contribution is 0.0754. The van der Waals surface area contributed by atoms with Crippen LogP contribution in [-0.4, -0.2) is 28.8 Å². The molecule has 1 aromatic rings. The summed E-state index contributed by atoms with van der Waals surface area (Å²) in [6.45, 7) is 10.4. The third-order valence-corrected chi connectivity index (χ3v) is 3.61. The van der Waals surface area contributed by atoms with Crippen LogP contribution in [0, 0.1) is 0 Å². The van der Waals surface area contributed by atoms with Gasteiger partial charge in [0, 0.05) is 44.8 Å². The molecular formula is C15H27N3O. The van der Waals surface area contributed by atoms with Gasteiger partial charge < -0.3 is 14.6 Å². The number of fused-ring (bicyclic) bond motifs is 1. The van der Waals surface area contributed by atoms with Crippen LogP contribution in [0.15, 0.2) is 0 Å². The van der Waals surface area contributed by atoms with Gasteiger partial charge in [-0.25, -0.2) is 4.98 Å². The van der Waals surface area contributed by atoms with E-state index in [1.54, 1.807) is 0 Å². The Morgan fingerprint density at radius 1 is 1.37 bits per heavy atom. The smallest absolute Gasteiger partial charge is 0.108 e. The summed E-state index contributed by atoms with van der Waals surface area (Å²) in [6, 6.07) is 0.